The Morgan fingerprint density at radius 2 is 2.05 bits per heavy atom. The molecule has 1 aromatic rings. The number of carbonyl (C=O) groups excluding carboxylic acids is 1. The maximum Gasteiger partial charge on any atom is 0.242 e. The van der Waals surface area contributed by atoms with Gasteiger partial charge < -0.3 is 10.4 Å². The fourth-order valence-electron chi connectivity index (χ4n) is 1.50. The summed E-state index contributed by atoms with van der Waals surface area (Å²) in [5.74, 6) is 4.59. The number of benzene rings is 1. The molecule has 114 valence electrons. The van der Waals surface area contributed by atoms with E-state index < -0.39 is 10.0 Å². The summed E-state index contributed by atoms with van der Waals surface area (Å²) in [6, 6.07) is 6.15. The Balaban J connectivity index is 2.86. The molecule has 0 fully saturated rings. The molecule has 0 aliphatic rings. The third-order valence-electron chi connectivity index (χ3n) is 2.47. The van der Waals surface area contributed by atoms with Crippen LogP contribution in [0.1, 0.15) is 18.9 Å². The number of hydrogen-bond acceptors (Lipinski definition) is 4. The molecule has 0 aliphatic carbocycles. The lowest BCUT2D eigenvalue weighted by Gasteiger charge is -2.08. The van der Waals surface area contributed by atoms with Gasteiger partial charge in [0, 0.05) is 12.1 Å². The van der Waals surface area contributed by atoms with Crippen LogP contribution in [0.2, 0.25) is 0 Å². The smallest absolute Gasteiger partial charge is 0.242 e. The van der Waals surface area contributed by atoms with E-state index in [9.17, 15) is 13.2 Å². The van der Waals surface area contributed by atoms with Gasteiger partial charge in [0.25, 0.3) is 0 Å². The van der Waals surface area contributed by atoms with E-state index in [4.69, 9.17) is 5.11 Å². The van der Waals surface area contributed by atoms with Crippen molar-refractivity contribution in [3.05, 3.63) is 29.8 Å². The Labute approximate surface area is 124 Å². The lowest BCUT2D eigenvalue weighted by atomic mass is 10.2. The molecule has 0 atom stereocenters. The van der Waals surface area contributed by atoms with Crippen molar-refractivity contribution in [3.63, 3.8) is 0 Å². The van der Waals surface area contributed by atoms with Gasteiger partial charge in [-0.05, 0) is 18.6 Å². The zero-order chi connectivity index (χ0) is 15.7. The number of aliphatic hydroxyl groups excluding tert-OH is 1. The van der Waals surface area contributed by atoms with Crippen LogP contribution >= 0.6 is 0 Å². The molecule has 1 rings (SSSR count). The van der Waals surface area contributed by atoms with Crippen molar-refractivity contribution in [1.29, 1.82) is 0 Å². The van der Waals surface area contributed by atoms with Gasteiger partial charge in [-0.1, -0.05) is 30.9 Å². The zero-order valence-electron chi connectivity index (χ0n) is 11.7. The number of nitrogens with one attached hydrogen (secondary N) is 2. The molecule has 0 heterocycles. The molecule has 0 saturated carbocycles. The summed E-state index contributed by atoms with van der Waals surface area (Å²) in [6.45, 7) is 1.71. The van der Waals surface area contributed by atoms with Gasteiger partial charge in [0.1, 0.15) is 6.61 Å². The molecule has 0 unspecified atom stereocenters. The first-order valence-corrected chi connectivity index (χ1v) is 7.94. The van der Waals surface area contributed by atoms with Crippen LogP contribution in [-0.4, -0.2) is 39.1 Å². The van der Waals surface area contributed by atoms with E-state index in [1.165, 1.54) is 12.1 Å². The highest BCUT2D eigenvalue weighted by atomic mass is 32.2. The maximum absolute atomic E-state index is 12.2. The molecule has 6 nitrogen and oxygen atoms in total. The second-order valence-corrected chi connectivity index (χ2v) is 5.87. The molecule has 0 aromatic heterocycles. The second-order valence-electron chi connectivity index (χ2n) is 4.13. The van der Waals surface area contributed by atoms with Crippen LogP contribution in [0.25, 0.3) is 0 Å². The fraction of sp³-hybridized carbons (Fsp3) is 0.357. The lowest BCUT2D eigenvalue weighted by molar-refractivity contribution is -0.119. The lowest BCUT2D eigenvalue weighted by Crippen LogP contribution is -2.37. The number of carbonyl (C=O) groups is 1. The van der Waals surface area contributed by atoms with Crippen LogP contribution in [0.4, 0.5) is 0 Å². The summed E-state index contributed by atoms with van der Waals surface area (Å²) in [5, 5.41) is 11.3. The van der Waals surface area contributed by atoms with Crippen LogP contribution < -0.4 is 10.0 Å². The van der Waals surface area contributed by atoms with E-state index in [0.717, 1.165) is 6.42 Å². The quantitative estimate of drug-likeness (QED) is 0.636. The summed E-state index contributed by atoms with van der Waals surface area (Å²) in [7, 11) is -3.84. The first-order valence-electron chi connectivity index (χ1n) is 6.46. The molecule has 0 bridgehead atoms. The SMILES string of the molecule is CCCNC(=O)CNS(=O)(=O)c1ccccc1C#CCO. The predicted octanol–water partition coefficient (Wildman–Crippen LogP) is -0.165. The van der Waals surface area contributed by atoms with Crippen LogP contribution in [0.5, 0.6) is 0 Å². The predicted molar refractivity (Wildman–Crippen MR) is 78.9 cm³/mol. The van der Waals surface area contributed by atoms with Crippen LogP contribution in [0.15, 0.2) is 29.2 Å². The van der Waals surface area contributed by atoms with Gasteiger partial charge in [-0.2, -0.15) is 0 Å². The summed E-state index contributed by atoms with van der Waals surface area (Å²) < 4.78 is 26.6. The molecule has 0 aliphatic heterocycles. The standard InChI is InChI=1S/C14H18N2O4S/c1-2-9-15-14(18)11-16-21(19,20)13-8-4-3-6-12(13)7-5-10-17/h3-4,6,8,16-17H,2,9-11H2,1H3,(H,15,18). The van der Waals surface area contributed by atoms with Crippen molar-refractivity contribution in [2.24, 2.45) is 0 Å². The van der Waals surface area contributed by atoms with E-state index in [0.29, 0.717) is 6.54 Å². The summed E-state index contributed by atoms with van der Waals surface area (Å²) in [5.41, 5.74) is 0.271. The Bertz CT molecular complexity index is 644. The van der Waals surface area contributed by atoms with Gasteiger partial charge in [0.15, 0.2) is 0 Å². The van der Waals surface area contributed by atoms with Gasteiger partial charge >= 0.3 is 0 Å². The Morgan fingerprint density at radius 1 is 1.33 bits per heavy atom. The number of amides is 1. The minimum Gasteiger partial charge on any atom is -0.384 e. The van der Waals surface area contributed by atoms with E-state index in [1.807, 2.05) is 6.92 Å². The molecule has 1 amide bonds. The van der Waals surface area contributed by atoms with Crippen molar-refractivity contribution in [2.45, 2.75) is 18.2 Å². The summed E-state index contributed by atoms with van der Waals surface area (Å²) in [4.78, 5) is 11.4. The minimum absolute atomic E-state index is 0.0192. The van der Waals surface area contributed by atoms with Crippen molar-refractivity contribution in [1.82, 2.24) is 10.0 Å². The normalized spacial score (nSPS) is 10.6. The highest BCUT2D eigenvalue weighted by Gasteiger charge is 2.18. The molecule has 0 radical (unpaired) electrons. The highest BCUT2D eigenvalue weighted by Crippen LogP contribution is 2.13. The van der Waals surface area contributed by atoms with E-state index in [-0.39, 0.29) is 29.5 Å². The van der Waals surface area contributed by atoms with Gasteiger partial charge in [-0.25, -0.2) is 13.1 Å². The first kappa shape index (κ1) is 17.2. The summed E-state index contributed by atoms with van der Waals surface area (Å²) >= 11 is 0. The number of hydrogen-bond donors (Lipinski definition) is 3. The summed E-state index contributed by atoms with van der Waals surface area (Å²) in [6.07, 6.45) is 0.776. The highest BCUT2D eigenvalue weighted by molar-refractivity contribution is 7.89. The van der Waals surface area contributed by atoms with Gasteiger partial charge in [0.2, 0.25) is 15.9 Å². The molecule has 7 heteroatoms. The van der Waals surface area contributed by atoms with Crippen LogP contribution in [0.3, 0.4) is 0 Å². The molecular formula is C14H18N2O4S. The maximum atomic E-state index is 12.2. The monoisotopic (exact) mass is 310 g/mol. The molecular weight excluding hydrogens is 292 g/mol. The average molecular weight is 310 g/mol. The second kappa shape index (κ2) is 8.42. The topological polar surface area (TPSA) is 95.5 Å². The van der Waals surface area contributed by atoms with Crippen molar-refractivity contribution in [2.75, 3.05) is 19.7 Å². The third kappa shape index (κ3) is 5.55. The average Bonchev–Trinajstić information content (AvgIpc) is 2.49. The number of aliphatic hydroxyl groups is 1. The molecule has 0 saturated heterocycles. The van der Waals surface area contributed by atoms with Gasteiger partial charge in [-0.3, -0.25) is 4.79 Å². The van der Waals surface area contributed by atoms with Crippen molar-refractivity contribution in [3.8, 4) is 11.8 Å². The van der Waals surface area contributed by atoms with E-state index in [2.05, 4.69) is 21.9 Å². The Kier molecular flexibility index (Phi) is 6.88. The molecule has 3 N–H and O–H groups in total. The fourth-order valence-corrected chi connectivity index (χ4v) is 2.65. The number of sulfonamides is 1. The molecule has 21 heavy (non-hydrogen) atoms. The van der Waals surface area contributed by atoms with E-state index in [1.54, 1.807) is 12.1 Å². The zero-order valence-corrected chi connectivity index (χ0v) is 12.5. The third-order valence-corrected chi connectivity index (χ3v) is 3.93. The molecule has 0 spiro atoms. The van der Waals surface area contributed by atoms with Gasteiger partial charge in [0.05, 0.1) is 11.4 Å². The largest absolute Gasteiger partial charge is 0.384 e. The minimum atomic E-state index is -3.84. The Hall–Kier alpha value is -1.88. The van der Waals surface area contributed by atoms with Crippen molar-refractivity contribution < 1.29 is 18.3 Å². The first-order chi connectivity index (χ1) is 10.0. The Morgan fingerprint density at radius 3 is 2.71 bits per heavy atom. The van der Waals surface area contributed by atoms with Crippen molar-refractivity contribution >= 4 is 15.9 Å². The van der Waals surface area contributed by atoms with Crippen LogP contribution in [0, 0.1) is 11.8 Å². The molecule has 1 aromatic carbocycles. The number of rotatable bonds is 6. The van der Waals surface area contributed by atoms with E-state index >= 15 is 0 Å². The van der Waals surface area contributed by atoms with Crippen LogP contribution in [-0.2, 0) is 14.8 Å². The van der Waals surface area contributed by atoms with Gasteiger partial charge in [-0.15, -0.1) is 0 Å².